The maximum atomic E-state index is 5.62. The number of tetrazole rings is 1. The van der Waals surface area contributed by atoms with E-state index in [0.29, 0.717) is 35.8 Å². The summed E-state index contributed by atoms with van der Waals surface area (Å²) in [5.41, 5.74) is 6.39. The van der Waals surface area contributed by atoms with Crippen molar-refractivity contribution in [1.29, 1.82) is 0 Å². The minimum Gasteiger partial charge on any atom is -0.420 e. The molecule has 2 aromatic heterocycles. The molecule has 0 aliphatic carbocycles. The summed E-state index contributed by atoms with van der Waals surface area (Å²) in [5, 5.41) is 20.2. The maximum absolute atomic E-state index is 5.62. The molecule has 21 heavy (non-hydrogen) atoms. The van der Waals surface area contributed by atoms with E-state index in [9.17, 15) is 0 Å². The zero-order valence-electron chi connectivity index (χ0n) is 11.1. The summed E-state index contributed by atoms with van der Waals surface area (Å²) in [5.74, 6) is 1.54. The third kappa shape index (κ3) is 3.26. The smallest absolute Gasteiger partial charge is 0.247 e. The van der Waals surface area contributed by atoms with E-state index in [2.05, 4.69) is 25.7 Å². The fourth-order valence-electron chi connectivity index (χ4n) is 1.70. The van der Waals surface area contributed by atoms with Crippen LogP contribution in [0, 0.1) is 0 Å². The second-order valence-corrected chi connectivity index (χ2v) is 5.07. The fourth-order valence-corrected chi connectivity index (χ4v) is 2.44. The number of nitrogens with two attached hydrogens (primary N) is 1. The molecule has 0 saturated heterocycles. The van der Waals surface area contributed by atoms with Crippen LogP contribution in [0.5, 0.6) is 0 Å². The van der Waals surface area contributed by atoms with Gasteiger partial charge in [0.05, 0.1) is 12.3 Å². The van der Waals surface area contributed by atoms with Crippen LogP contribution in [-0.4, -0.2) is 36.9 Å². The molecule has 0 amide bonds. The molecule has 1 aromatic carbocycles. The first-order chi connectivity index (χ1) is 10.4. The topological polar surface area (TPSA) is 109 Å². The first kappa shape index (κ1) is 13.7. The van der Waals surface area contributed by atoms with Crippen LogP contribution in [0.15, 0.2) is 39.9 Å². The lowest BCUT2D eigenvalue weighted by atomic mass is 10.2. The van der Waals surface area contributed by atoms with E-state index >= 15 is 0 Å². The zero-order valence-corrected chi connectivity index (χ0v) is 11.9. The summed E-state index contributed by atoms with van der Waals surface area (Å²) in [6, 6.07) is 9.64. The number of rotatable bonds is 6. The van der Waals surface area contributed by atoms with E-state index in [-0.39, 0.29) is 0 Å². The van der Waals surface area contributed by atoms with E-state index in [1.807, 2.05) is 30.3 Å². The van der Waals surface area contributed by atoms with Crippen LogP contribution in [0.4, 0.5) is 0 Å². The zero-order chi connectivity index (χ0) is 14.5. The van der Waals surface area contributed by atoms with Crippen molar-refractivity contribution in [3.63, 3.8) is 0 Å². The minimum atomic E-state index is 0.483. The van der Waals surface area contributed by atoms with Crippen LogP contribution in [0.2, 0.25) is 0 Å². The Bertz CT molecular complexity index is 696. The lowest BCUT2D eigenvalue weighted by molar-refractivity contribution is 0.526. The predicted octanol–water partition coefficient (Wildman–Crippen LogP) is 0.974. The summed E-state index contributed by atoms with van der Waals surface area (Å²) < 4.78 is 7.27. The molecule has 0 radical (unpaired) electrons. The largest absolute Gasteiger partial charge is 0.420 e. The third-order valence-electron chi connectivity index (χ3n) is 2.65. The van der Waals surface area contributed by atoms with Crippen molar-refractivity contribution < 1.29 is 4.42 Å². The first-order valence-electron chi connectivity index (χ1n) is 6.33. The molecule has 0 fully saturated rings. The van der Waals surface area contributed by atoms with Crippen LogP contribution >= 0.6 is 11.8 Å². The van der Waals surface area contributed by atoms with Crippen LogP contribution in [0.25, 0.3) is 11.5 Å². The Balaban J connectivity index is 1.66. The summed E-state index contributed by atoms with van der Waals surface area (Å²) in [7, 11) is 0. The highest BCUT2D eigenvalue weighted by atomic mass is 32.2. The van der Waals surface area contributed by atoms with Crippen LogP contribution in [0.1, 0.15) is 5.89 Å². The van der Waals surface area contributed by atoms with E-state index in [4.69, 9.17) is 10.2 Å². The van der Waals surface area contributed by atoms with Crippen LogP contribution in [-0.2, 0) is 12.3 Å². The Morgan fingerprint density at radius 3 is 2.81 bits per heavy atom. The molecule has 8 nitrogen and oxygen atoms in total. The van der Waals surface area contributed by atoms with Gasteiger partial charge >= 0.3 is 0 Å². The number of benzene rings is 1. The molecule has 3 rings (SSSR count). The number of nitrogens with zero attached hydrogens (tertiary/aromatic N) is 6. The molecule has 0 bridgehead atoms. The Morgan fingerprint density at radius 2 is 2.00 bits per heavy atom. The molecule has 0 spiro atoms. The van der Waals surface area contributed by atoms with Gasteiger partial charge in [0.1, 0.15) is 0 Å². The van der Waals surface area contributed by atoms with Crippen LogP contribution in [0.3, 0.4) is 0 Å². The highest BCUT2D eigenvalue weighted by Crippen LogP contribution is 2.22. The molecule has 3 aromatic rings. The van der Waals surface area contributed by atoms with E-state index in [1.54, 1.807) is 4.68 Å². The van der Waals surface area contributed by atoms with Gasteiger partial charge in [-0.05, 0) is 22.6 Å². The standard InChI is InChI=1S/C12H13N7OS/c13-6-7-19-12(16-17-18-19)21-8-10-14-15-11(20-10)9-4-2-1-3-5-9/h1-5H,6-8,13H2. The van der Waals surface area contributed by atoms with Crippen molar-refractivity contribution in [1.82, 2.24) is 30.4 Å². The normalized spacial score (nSPS) is 10.9. The molecule has 2 N–H and O–H groups in total. The van der Waals surface area contributed by atoms with Gasteiger partial charge in [-0.3, -0.25) is 0 Å². The predicted molar refractivity (Wildman–Crippen MR) is 76.2 cm³/mol. The SMILES string of the molecule is NCCn1nnnc1SCc1nnc(-c2ccccc2)o1. The van der Waals surface area contributed by atoms with Crippen molar-refractivity contribution in [3.8, 4) is 11.5 Å². The quantitative estimate of drug-likeness (QED) is 0.671. The first-order valence-corrected chi connectivity index (χ1v) is 7.32. The monoisotopic (exact) mass is 303 g/mol. The van der Waals surface area contributed by atoms with Gasteiger partial charge < -0.3 is 10.2 Å². The summed E-state index contributed by atoms with van der Waals surface area (Å²) in [4.78, 5) is 0. The molecular formula is C12H13N7OS. The number of hydrogen-bond acceptors (Lipinski definition) is 8. The molecule has 0 aliphatic heterocycles. The Labute approximate surface area is 124 Å². The molecule has 0 unspecified atom stereocenters. The molecule has 0 saturated carbocycles. The lowest BCUT2D eigenvalue weighted by Gasteiger charge is -1.99. The van der Waals surface area contributed by atoms with Crippen molar-refractivity contribution in [2.45, 2.75) is 17.5 Å². The van der Waals surface area contributed by atoms with Gasteiger partial charge in [0, 0.05) is 12.1 Å². The molecule has 2 heterocycles. The van der Waals surface area contributed by atoms with Crippen molar-refractivity contribution in [3.05, 3.63) is 36.2 Å². The van der Waals surface area contributed by atoms with Crippen LogP contribution < -0.4 is 5.73 Å². The third-order valence-corrected chi connectivity index (χ3v) is 3.59. The molecular weight excluding hydrogens is 290 g/mol. The van der Waals surface area contributed by atoms with Gasteiger partial charge in [0.2, 0.25) is 16.9 Å². The second kappa shape index (κ2) is 6.46. The molecule has 9 heteroatoms. The Morgan fingerprint density at radius 1 is 1.14 bits per heavy atom. The Hall–Kier alpha value is -2.26. The molecule has 0 atom stereocenters. The maximum Gasteiger partial charge on any atom is 0.247 e. The highest BCUT2D eigenvalue weighted by Gasteiger charge is 2.11. The lowest BCUT2D eigenvalue weighted by Crippen LogP contribution is -2.12. The van der Waals surface area contributed by atoms with Crippen molar-refractivity contribution in [2.75, 3.05) is 6.54 Å². The number of thioether (sulfide) groups is 1. The molecule has 0 aliphatic rings. The minimum absolute atomic E-state index is 0.483. The van der Waals surface area contributed by atoms with E-state index in [1.165, 1.54) is 11.8 Å². The van der Waals surface area contributed by atoms with E-state index < -0.39 is 0 Å². The average molecular weight is 303 g/mol. The highest BCUT2D eigenvalue weighted by molar-refractivity contribution is 7.98. The summed E-state index contributed by atoms with van der Waals surface area (Å²) in [6.45, 7) is 1.06. The van der Waals surface area contributed by atoms with Gasteiger partial charge in [-0.1, -0.05) is 30.0 Å². The van der Waals surface area contributed by atoms with Gasteiger partial charge in [-0.15, -0.1) is 15.3 Å². The van der Waals surface area contributed by atoms with Gasteiger partial charge in [-0.25, -0.2) is 4.68 Å². The summed E-state index contributed by atoms with van der Waals surface area (Å²) >= 11 is 1.43. The van der Waals surface area contributed by atoms with Crippen molar-refractivity contribution >= 4 is 11.8 Å². The fraction of sp³-hybridized carbons (Fsp3) is 0.250. The number of aromatic nitrogens is 6. The second-order valence-electron chi connectivity index (χ2n) is 4.13. The van der Waals surface area contributed by atoms with E-state index in [0.717, 1.165) is 5.56 Å². The van der Waals surface area contributed by atoms with Crippen molar-refractivity contribution in [2.24, 2.45) is 5.73 Å². The summed E-state index contributed by atoms with van der Waals surface area (Å²) in [6.07, 6.45) is 0. The average Bonchev–Trinajstić information content (AvgIpc) is 3.16. The van der Waals surface area contributed by atoms with Gasteiger partial charge in [0.15, 0.2) is 0 Å². The number of hydrogen-bond donors (Lipinski definition) is 1. The van der Waals surface area contributed by atoms with Gasteiger partial charge in [0.25, 0.3) is 0 Å². The molecule has 108 valence electrons. The van der Waals surface area contributed by atoms with Gasteiger partial charge in [-0.2, -0.15) is 0 Å². The Kier molecular flexibility index (Phi) is 4.22.